The van der Waals surface area contributed by atoms with E-state index in [9.17, 15) is 4.79 Å². The highest BCUT2D eigenvalue weighted by Crippen LogP contribution is 2.36. The summed E-state index contributed by atoms with van der Waals surface area (Å²) in [6.45, 7) is 4.06. The van der Waals surface area contributed by atoms with E-state index in [-0.39, 0.29) is 5.91 Å². The molecule has 112 valence electrons. The Morgan fingerprint density at radius 3 is 2.82 bits per heavy atom. The lowest BCUT2D eigenvalue weighted by Crippen LogP contribution is -2.17. The van der Waals surface area contributed by atoms with Gasteiger partial charge in [-0.2, -0.15) is 0 Å². The SMILES string of the molecule is CC(=O)NCc1ccc(-c2nc3ccccc3c(C)c2Cl)s1. The van der Waals surface area contributed by atoms with Crippen LogP contribution in [0.2, 0.25) is 5.02 Å². The van der Waals surface area contributed by atoms with E-state index in [1.165, 1.54) is 6.92 Å². The molecule has 0 aliphatic heterocycles. The first-order valence-electron chi connectivity index (χ1n) is 6.94. The summed E-state index contributed by atoms with van der Waals surface area (Å²) in [4.78, 5) is 17.8. The third-order valence-corrected chi connectivity index (χ3v) is 5.04. The van der Waals surface area contributed by atoms with E-state index in [2.05, 4.69) is 5.32 Å². The Labute approximate surface area is 138 Å². The number of amides is 1. The summed E-state index contributed by atoms with van der Waals surface area (Å²) in [5, 5.41) is 4.56. The second-order valence-electron chi connectivity index (χ2n) is 5.09. The van der Waals surface area contributed by atoms with Crippen molar-refractivity contribution < 1.29 is 4.79 Å². The maximum atomic E-state index is 11.0. The number of fused-ring (bicyclic) bond motifs is 1. The lowest BCUT2D eigenvalue weighted by Gasteiger charge is -2.08. The highest BCUT2D eigenvalue weighted by Gasteiger charge is 2.13. The number of aromatic nitrogens is 1. The van der Waals surface area contributed by atoms with Crippen molar-refractivity contribution in [2.45, 2.75) is 20.4 Å². The van der Waals surface area contributed by atoms with Gasteiger partial charge in [0, 0.05) is 17.2 Å². The summed E-state index contributed by atoms with van der Waals surface area (Å²) in [6.07, 6.45) is 0. The Balaban J connectivity index is 2.03. The number of aryl methyl sites for hydroxylation is 1. The first-order chi connectivity index (χ1) is 10.6. The minimum atomic E-state index is -0.0346. The molecule has 0 aliphatic rings. The van der Waals surface area contributed by atoms with Gasteiger partial charge in [-0.25, -0.2) is 4.98 Å². The summed E-state index contributed by atoms with van der Waals surface area (Å²) >= 11 is 8.12. The van der Waals surface area contributed by atoms with E-state index >= 15 is 0 Å². The molecule has 22 heavy (non-hydrogen) atoms. The van der Waals surface area contributed by atoms with E-state index in [4.69, 9.17) is 16.6 Å². The van der Waals surface area contributed by atoms with Gasteiger partial charge < -0.3 is 5.32 Å². The molecule has 3 nitrogen and oxygen atoms in total. The minimum absolute atomic E-state index is 0.0346. The van der Waals surface area contributed by atoms with E-state index in [1.54, 1.807) is 11.3 Å². The number of hydrogen-bond acceptors (Lipinski definition) is 3. The van der Waals surface area contributed by atoms with Crippen LogP contribution < -0.4 is 5.32 Å². The fraction of sp³-hybridized carbons (Fsp3) is 0.176. The monoisotopic (exact) mass is 330 g/mol. The van der Waals surface area contributed by atoms with Crippen molar-refractivity contribution in [2.24, 2.45) is 0 Å². The van der Waals surface area contributed by atoms with Crippen LogP contribution in [0.1, 0.15) is 17.4 Å². The Bertz CT molecular complexity index is 857. The van der Waals surface area contributed by atoms with Crippen LogP contribution in [0.25, 0.3) is 21.5 Å². The number of nitrogens with one attached hydrogen (secondary N) is 1. The molecule has 0 atom stereocenters. The number of benzene rings is 1. The van der Waals surface area contributed by atoms with Crippen molar-refractivity contribution in [1.29, 1.82) is 0 Å². The molecule has 3 rings (SSSR count). The lowest BCUT2D eigenvalue weighted by molar-refractivity contribution is -0.119. The van der Waals surface area contributed by atoms with Gasteiger partial charge in [-0.1, -0.05) is 29.8 Å². The smallest absolute Gasteiger partial charge is 0.217 e. The van der Waals surface area contributed by atoms with Crippen molar-refractivity contribution in [3.8, 4) is 10.6 Å². The zero-order chi connectivity index (χ0) is 15.7. The van der Waals surface area contributed by atoms with Gasteiger partial charge in [0.2, 0.25) is 5.91 Å². The van der Waals surface area contributed by atoms with E-state index in [0.29, 0.717) is 11.6 Å². The van der Waals surface area contributed by atoms with Crippen molar-refractivity contribution in [3.63, 3.8) is 0 Å². The van der Waals surface area contributed by atoms with Crippen molar-refractivity contribution in [2.75, 3.05) is 0 Å². The molecule has 0 aliphatic carbocycles. The first kappa shape index (κ1) is 15.0. The molecular weight excluding hydrogens is 316 g/mol. The molecule has 3 aromatic rings. The molecule has 2 heterocycles. The maximum Gasteiger partial charge on any atom is 0.217 e. The molecule has 5 heteroatoms. The van der Waals surface area contributed by atoms with Crippen molar-refractivity contribution in [3.05, 3.63) is 51.9 Å². The number of rotatable bonds is 3. The van der Waals surface area contributed by atoms with Crippen LogP contribution in [-0.2, 0) is 11.3 Å². The highest BCUT2D eigenvalue weighted by molar-refractivity contribution is 7.15. The number of thiophene rings is 1. The average molecular weight is 331 g/mol. The molecule has 0 radical (unpaired) electrons. The molecule has 1 aromatic carbocycles. The van der Waals surface area contributed by atoms with Crippen LogP contribution in [0.3, 0.4) is 0 Å². The molecule has 0 bridgehead atoms. The average Bonchev–Trinajstić information content (AvgIpc) is 2.97. The summed E-state index contributed by atoms with van der Waals surface area (Å²) in [7, 11) is 0. The number of para-hydroxylation sites is 1. The van der Waals surface area contributed by atoms with Crippen molar-refractivity contribution in [1.82, 2.24) is 10.3 Å². The highest BCUT2D eigenvalue weighted by atomic mass is 35.5. The Morgan fingerprint density at radius 2 is 2.05 bits per heavy atom. The lowest BCUT2D eigenvalue weighted by atomic mass is 10.1. The van der Waals surface area contributed by atoms with Gasteiger partial charge >= 0.3 is 0 Å². The number of nitrogens with zero attached hydrogens (tertiary/aromatic N) is 1. The van der Waals surface area contributed by atoms with Gasteiger partial charge in [0.15, 0.2) is 0 Å². The summed E-state index contributed by atoms with van der Waals surface area (Å²) < 4.78 is 0. The predicted molar refractivity (Wildman–Crippen MR) is 92.3 cm³/mol. The maximum absolute atomic E-state index is 11.0. The Morgan fingerprint density at radius 1 is 1.27 bits per heavy atom. The fourth-order valence-electron chi connectivity index (χ4n) is 2.33. The van der Waals surface area contributed by atoms with Gasteiger partial charge in [0.1, 0.15) is 0 Å². The summed E-state index contributed by atoms with van der Waals surface area (Å²) in [6, 6.07) is 12.0. The standard InChI is InChI=1S/C17H15ClN2OS/c1-10-13-5-3-4-6-14(13)20-17(16(10)18)15-8-7-12(22-15)9-19-11(2)21/h3-8H,9H2,1-2H3,(H,19,21). The number of carbonyl (C=O) groups excluding carboxylic acids is 1. The number of pyridine rings is 1. The number of carbonyl (C=O) groups is 1. The second kappa shape index (κ2) is 6.07. The van der Waals surface area contributed by atoms with Crippen LogP contribution in [0.5, 0.6) is 0 Å². The molecule has 0 saturated heterocycles. The van der Waals surface area contributed by atoms with Gasteiger partial charge in [-0.3, -0.25) is 4.79 Å². The normalized spacial score (nSPS) is 10.9. The number of hydrogen-bond donors (Lipinski definition) is 1. The third kappa shape index (κ3) is 2.85. The Hall–Kier alpha value is -1.91. The molecule has 0 saturated carbocycles. The van der Waals surface area contributed by atoms with Crippen LogP contribution in [0.4, 0.5) is 0 Å². The fourth-order valence-corrected chi connectivity index (χ4v) is 3.57. The van der Waals surface area contributed by atoms with Gasteiger partial charge in [0.05, 0.1) is 27.7 Å². The molecule has 2 aromatic heterocycles. The minimum Gasteiger partial charge on any atom is -0.351 e. The summed E-state index contributed by atoms with van der Waals surface area (Å²) in [5.74, 6) is -0.0346. The first-order valence-corrected chi connectivity index (χ1v) is 8.14. The molecule has 0 spiro atoms. The molecule has 1 amide bonds. The van der Waals surface area contributed by atoms with E-state index in [1.807, 2.05) is 43.3 Å². The second-order valence-corrected chi connectivity index (χ2v) is 6.64. The van der Waals surface area contributed by atoms with Crippen LogP contribution in [-0.4, -0.2) is 10.9 Å². The topological polar surface area (TPSA) is 42.0 Å². The molecular formula is C17H15ClN2OS. The van der Waals surface area contributed by atoms with Gasteiger partial charge in [0.25, 0.3) is 0 Å². The van der Waals surface area contributed by atoms with Gasteiger partial charge in [-0.05, 0) is 30.7 Å². The van der Waals surface area contributed by atoms with Gasteiger partial charge in [-0.15, -0.1) is 11.3 Å². The van der Waals surface area contributed by atoms with Crippen LogP contribution in [0.15, 0.2) is 36.4 Å². The quantitative estimate of drug-likeness (QED) is 0.764. The third-order valence-electron chi connectivity index (χ3n) is 3.48. The molecule has 0 unspecified atom stereocenters. The van der Waals surface area contributed by atoms with E-state index in [0.717, 1.165) is 31.9 Å². The van der Waals surface area contributed by atoms with Crippen LogP contribution >= 0.6 is 22.9 Å². The Kier molecular flexibility index (Phi) is 4.14. The molecule has 0 fully saturated rings. The summed E-state index contributed by atoms with van der Waals surface area (Å²) in [5.41, 5.74) is 2.78. The van der Waals surface area contributed by atoms with Crippen LogP contribution in [0, 0.1) is 6.92 Å². The zero-order valence-electron chi connectivity index (χ0n) is 12.3. The zero-order valence-corrected chi connectivity index (χ0v) is 13.9. The van der Waals surface area contributed by atoms with Crippen molar-refractivity contribution >= 4 is 39.7 Å². The molecule has 1 N–H and O–H groups in total. The van der Waals surface area contributed by atoms with E-state index < -0.39 is 0 Å². The predicted octanol–water partition coefficient (Wildman–Crippen LogP) is 4.56. The largest absolute Gasteiger partial charge is 0.351 e. The number of halogens is 1.